The molecule has 0 radical (unpaired) electrons. The molecule has 1 fully saturated rings. The summed E-state index contributed by atoms with van der Waals surface area (Å²) in [7, 11) is 0. The molecule has 2 aromatic heterocycles. The molecule has 2 aromatic rings. The third-order valence-electron chi connectivity index (χ3n) is 7.30. The molecular weight excluding hydrogens is 488 g/mol. The summed E-state index contributed by atoms with van der Waals surface area (Å²) in [6, 6.07) is -0.147. The van der Waals surface area contributed by atoms with Crippen LogP contribution in [0.5, 0.6) is 0 Å². The zero-order valence-corrected chi connectivity index (χ0v) is 22.7. The number of rotatable bonds is 8. The maximum Gasteiger partial charge on any atom is 0.319 e. The van der Waals surface area contributed by atoms with Crippen molar-refractivity contribution in [2.45, 2.75) is 71.6 Å². The van der Waals surface area contributed by atoms with Gasteiger partial charge in [0.15, 0.2) is 17.7 Å². The van der Waals surface area contributed by atoms with E-state index in [0.29, 0.717) is 36.7 Å². The van der Waals surface area contributed by atoms with Crippen LogP contribution in [0.2, 0.25) is 0 Å². The van der Waals surface area contributed by atoms with Crippen molar-refractivity contribution in [3.63, 3.8) is 0 Å². The van der Waals surface area contributed by atoms with Crippen molar-refractivity contribution in [2.75, 3.05) is 25.4 Å². The van der Waals surface area contributed by atoms with E-state index >= 15 is 0 Å². The van der Waals surface area contributed by atoms with Gasteiger partial charge in [0.05, 0.1) is 6.33 Å². The number of nitrogens with one attached hydrogen (secondary N) is 2. The van der Waals surface area contributed by atoms with Crippen molar-refractivity contribution in [3.05, 3.63) is 36.6 Å². The molecule has 1 saturated heterocycles. The maximum absolute atomic E-state index is 12.4. The number of aromatic nitrogens is 4. The Morgan fingerprint density at radius 3 is 2.68 bits per heavy atom. The molecule has 2 amide bonds. The first-order valence-electron chi connectivity index (χ1n) is 13.1. The highest BCUT2D eigenvalue weighted by molar-refractivity contribution is 5.81. The molecule has 2 unspecified atom stereocenters. The van der Waals surface area contributed by atoms with Gasteiger partial charge in [0.25, 0.3) is 0 Å². The van der Waals surface area contributed by atoms with Crippen LogP contribution in [0.15, 0.2) is 36.6 Å². The topological polar surface area (TPSA) is 164 Å². The van der Waals surface area contributed by atoms with Gasteiger partial charge in [-0.3, -0.25) is 9.47 Å². The SMILES string of the molecule is CC(C)N(CCNC(=O)NC1=CCC(C(C)(C)C)C=C1)C[C@H]1OC(n2cnc3c(N)ncnc32)[C@H](O)[C@@H]1O. The Kier molecular flexibility index (Phi) is 8.36. The summed E-state index contributed by atoms with van der Waals surface area (Å²) in [4.78, 5) is 26.9. The van der Waals surface area contributed by atoms with Crippen LogP contribution in [-0.4, -0.2) is 84.7 Å². The Labute approximate surface area is 223 Å². The molecule has 208 valence electrons. The minimum atomic E-state index is -1.18. The summed E-state index contributed by atoms with van der Waals surface area (Å²) in [5.41, 5.74) is 7.67. The molecule has 2 aliphatic rings. The van der Waals surface area contributed by atoms with Gasteiger partial charge in [-0.05, 0) is 37.7 Å². The second-order valence-corrected chi connectivity index (χ2v) is 11.3. The molecule has 5 atom stereocenters. The first kappa shape index (κ1) is 28.0. The van der Waals surface area contributed by atoms with Gasteiger partial charge in [-0.15, -0.1) is 0 Å². The molecule has 0 spiro atoms. The number of anilines is 1. The van der Waals surface area contributed by atoms with Gasteiger partial charge < -0.3 is 31.3 Å². The van der Waals surface area contributed by atoms with Gasteiger partial charge in [-0.2, -0.15) is 0 Å². The molecule has 1 aliphatic carbocycles. The smallest absolute Gasteiger partial charge is 0.319 e. The number of carbonyl (C=O) groups excluding carboxylic acids is 1. The van der Waals surface area contributed by atoms with Crippen molar-refractivity contribution in [3.8, 4) is 0 Å². The number of aliphatic hydroxyl groups is 2. The first-order chi connectivity index (χ1) is 18.0. The number of nitrogens with two attached hydrogens (primary N) is 1. The fraction of sp³-hybridized carbons (Fsp3) is 0.615. The largest absolute Gasteiger partial charge is 0.387 e. The average molecular weight is 529 g/mol. The van der Waals surface area contributed by atoms with Crippen LogP contribution >= 0.6 is 0 Å². The van der Waals surface area contributed by atoms with Gasteiger partial charge in [0, 0.05) is 31.4 Å². The molecule has 3 heterocycles. The number of fused-ring (bicyclic) bond motifs is 1. The van der Waals surface area contributed by atoms with E-state index in [9.17, 15) is 15.0 Å². The molecule has 0 bridgehead atoms. The van der Waals surface area contributed by atoms with E-state index in [-0.39, 0.29) is 23.3 Å². The predicted octanol–water partition coefficient (Wildman–Crippen LogP) is 1.54. The number of amides is 2. The second kappa shape index (κ2) is 11.4. The molecule has 12 nitrogen and oxygen atoms in total. The van der Waals surface area contributed by atoms with E-state index in [1.165, 1.54) is 12.7 Å². The third kappa shape index (κ3) is 6.15. The summed E-state index contributed by atoms with van der Waals surface area (Å²) in [6.45, 7) is 12.0. The molecule has 4 rings (SSSR count). The molecule has 6 N–H and O–H groups in total. The first-order valence-corrected chi connectivity index (χ1v) is 13.1. The van der Waals surface area contributed by atoms with Crippen LogP contribution in [0.1, 0.15) is 47.3 Å². The van der Waals surface area contributed by atoms with Crippen LogP contribution < -0.4 is 16.4 Å². The Morgan fingerprint density at radius 1 is 1.26 bits per heavy atom. The number of nitrogens with zero attached hydrogens (tertiary/aromatic N) is 5. The zero-order valence-electron chi connectivity index (χ0n) is 22.7. The van der Waals surface area contributed by atoms with Crippen LogP contribution in [-0.2, 0) is 4.74 Å². The van der Waals surface area contributed by atoms with E-state index < -0.39 is 24.5 Å². The van der Waals surface area contributed by atoms with Gasteiger partial charge in [-0.25, -0.2) is 19.7 Å². The number of ether oxygens (including phenoxy) is 1. The predicted molar refractivity (Wildman–Crippen MR) is 144 cm³/mol. The molecule has 38 heavy (non-hydrogen) atoms. The summed E-state index contributed by atoms with van der Waals surface area (Å²) >= 11 is 0. The van der Waals surface area contributed by atoms with Crippen molar-refractivity contribution in [1.82, 2.24) is 35.1 Å². The lowest BCUT2D eigenvalue weighted by Crippen LogP contribution is -2.46. The average Bonchev–Trinajstić information content (AvgIpc) is 3.40. The number of aliphatic hydroxyl groups excluding tert-OH is 2. The van der Waals surface area contributed by atoms with Crippen molar-refractivity contribution in [1.29, 1.82) is 0 Å². The monoisotopic (exact) mass is 528 g/mol. The number of carbonyl (C=O) groups is 1. The van der Waals surface area contributed by atoms with Crippen molar-refractivity contribution < 1.29 is 19.7 Å². The van der Waals surface area contributed by atoms with Gasteiger partial charge in [0.1, 0.15) is 30.2 Å². The summed E-state index contributed by atoms with van der Waals surface area (Å²) in [5.74, 6) is 0.673. The number of urea groups is 1. The van der Waals surface area contributed by atoms with E-state index in [4.69, 9.17) is 10.5 Å². The van der Waals surface area contributed by atoms with Crippen LogP contribution in [0.25, 0.3) is 11.2 Å². The minimum Gasteiger partial charge on any atom is -0.387 e. The van der Waals surface area contributed by atoms with Crippen molar-refractivity contribution >= 4 is 23.0 Å². The van der Waals surface area contributed by atoms with Crippen molar-refractivity contribution in [2.24, 2.45) is 11.3 Å². The lowest BCUT2D eigenvalue weighted by Gasteiger charge is -2.30. The van der Waals surface area contributed by atoms with Crippen LogP contribution in [0, 0.1) is 11.3 Å². The normalized spacial score (nSPS) is 25.8. The summed E-state index contributed by atoms with van der Waals surface area (Å²) in [5, 5.41) is 27.3. The standard InChI is InChI=1S/C26H40N8O4/c1-15(2)33(11-10-28-25(37)32-17-8-6-16(7-9-17)26(3,4)5)12-18-20(35)21(36)24(38-18)34-14-31-19-22(27)29-13-30-23(19)34/h6,8-9,13-16,18,20-21,24,35-36H,7,10-12H2,1-5H3,(H2,27,29,30)(H2,28,32,37)/t16?,18-,20-,21-,24?/m1/s1. The maximum atomic E-state index is 12.4. The van der Waals surface area contributed by atoms with E-state index in [1.807, 2.05) is 19.9 Å². The van der Waals surface area contributed by atoms with E-state index in [0.717, 1.165) is 12.1 Å². The quantitative estimate of drug-likeness (QED) is 0.342. The van der Waals surface area contributed by atoms with E-state index in [1.54, 1.807) is 4.57 Å². The third-order valence-corrected chi connectivity index (χ3v) is 7.30. The summed E-state index contributed by atoms with van der Waals surface area (Å²) < 4.78 is 7.65. The minimum absolute atomic E-state index is 0.117. The molecule has 12 heteroatoms. The lowest BCUT2D eigenvalue weighted by atomic mass is 9.77. The molecule has 0 saturated carbocycles. The Bertz CT molecular complexity index is 1190. The highest BCUT2D eigenvalue weighted by Crippen LogP contribution is 2.33. The number of hydrogen-bond donors (Lipinski definition) is 5. The number of nitrogen functional groups attached to an aromatic ring is 1. The molecule has 1 aliphatic heterocycles. The highest BCUT2D eigenvalue weighted by Gasteiger charge is 2.45. The lowest BCUT2D eigenvalue weighted by molar-refractivity contribution is -0.0465. The summed E-state index contributed by atoms with van der Waals surface area (Å²) in [6.07, 6.45) is 6.03. The number of hydrogen-bond acceptors (Lipinski definition) is 9. The van der Waals surface area contributed by atoms with Gasteiger partial charge in [-0.1, -0.05) is 32.9 Å². The molecular formula is C26H40N8O4. The Balaban J connectivity index is 1.30. The zero-order chi connectivity index (χ0) is 27.6. The highest BCUT2D eigenvalue weighted by atomic mass is 16.6. The molecule has 0 aromatic carbocycles. The second-order valence-electron chi connectivity index (χ2n) is 11.3. The fourth-order valence-electron chi connectivity index (χ4n) is 4.80. The Hall–Kier alpha value is -3.06. The Morgan fingerprint density at radius 2 is 2.03 bits per heavy atom. The van der Waals surface area contributed by atoms with Gasteiger partial charge in [0.2, 0.25) is 0 Å². The van der Waals surface area contributed by atoms with Crippen LogP contribution in [0.3, 0.4) is 0 Å². The van der Waals surface area contributed by atoms with Crippen LogP contribution in [0.4, 0.5) is 10.6 Å². The van der Waals surface area contributed by atoms with E-state index in [2.05, 4.69) is 63.4 Å². The number of allylic oxidation sites excluding steroid dienone is 3. The van der Waals surface area contributed by atoms with Gasteiger partial charge >= 0.3 is 6.03 Å². The fourth-order valence-corrected chi connectivity index (χ4v) is 4.80. The number of imidazole rings is 1.